The smallest absolute Gasteiger partial charge is 0.288 e. The second-order valence-electron chi connectivity index (χ2n) is 4.98. The third-order valence-corrected chi connectivity index (χ3v) is 4.07. The molecule has 0 radical (unpaired) electrons. The van der Waals surface area contributed by atoms with Crippen LogP contribution in [0.5, 0.6) is 0 Å². The van der Waals surface area contributed by atoms with Gasteiger partial charge in [0.15, 0.2) is 0 Å². The number of nitro benzene ring substituents is 1. The molecule has 0 aromatic heterocycles. The Kier molecular flexibility index (Phi) is 4.60. The van der Waals surface area contributed by atoms with Gasteiger partial charge in [0.25, 0.3) is 11.6 Å². The molecule has 0 saturated carbocycles. The van der Waals surface area contributed by atoms with Crippen molar-refractivity contribution in [3.8, 4) is 0 Å². The first-order chi connectivity index (χ1) is 9.54. The molecule has 1 heterocycles. The minimum absolute atomic E-state index is 0.0530. The third-order valence-electron chi connectivity index (χ3n) is 3.75. The Morgan fingerprint density at radius 3 is 2.90 bits per heavy atom. The summed E-state index contributed by atoms with van der Waals surface area (Å²) >= 11 is 5.77. The van der Waals surface area contributed by atoms with Crippen molar-refractivity contribution >= 4 is 23.2 Å². The minimum atomic E-state index is -0.563. The van der Waals surface area contributed by atoms with Gasteiger partial charge in [-0.2, -0.15) is 0 Å². The van der Waals surface area contributed by atoms with Gasteiger partial charge in [-0.15, -0.1) is 0 Å². The lowest BCUT2D eigenvalue weighted by Gasteiger charge is -2.35. The van der Waals surface area contributed by atoms with Crippen molar-refractivity contribution in [2.45, 2.75) is 38.6 Å². The summed E-state index contributed by atoms with van der Waals surface area (Å²) in [5, 5.41) is 10.9. The SMILES string of the molecule is CCC1CCCCN1C(=O)c1ccc(Cl)c([N+](=O)[O-])c1. The minimum Gasteiger partial charge on any atom is -0.336 e. The highest BCUT2D eigenvalue weighted by molar-refractivity contribution is 6.32. The van der Waals surface area contributed by atoms with Gasteiger partial charge in [-0.3, -0.25) is 14.9 Å². The number of carbonyl (C=O) groups excluding carboxylic acids is 1. The third kappa shape index (κ3) is 2.93. The van der Waals surface area contributed by atoms with Crippen LogP contribution in [0.15, 0.2) is 18.2 Å². The highest BCUT2D eigenvalue weighted by Gasteiger charge is 2.27. The van der Waals surface area contributed by atoms with Gasteiger partial charge in [0.2, 0.25) is 0 Å². The highest BCUT2D eigenvalue weighted by atomic mass is 35.5. The summed E-state index contributed by atoms with van der Waals surface area (Å²) in [6.07, 6.45) is 4.01. The summed E-state index contributed by atoms with van der Waals surface area (Å²) in [7, 11) is 0. The first-order valence-corrected chi connectivity index (χ1v) is 7.17. The van der Waals surface area contributed by atoms with E-state index in [1.54, 1.807) is 6.07 Å². The highest BCUT2D eigenvalue weighted by Crippen LogP contribution is 2.27. The normalized spacial score (nSPS) is 18.9. The van der Waals surface area contributed by atoms with Crippen LogP contribution in [0, 0.1) is 10.1 Å². The van der Waals surface area contributed by atoms with Gasteiger partial charge in [0.1, 0.15) is 5.02 Å². The van der Waals surface area contributed by atoms with E-state index in [0.717, 1.165) is 25.7 Å². The van der Waals surface area contributed by atoms with E-state index in [0.29, 0.717) is 12.1 Å². The maximum absolute atomic E-state index is 12.5. The van der Waals surface area contributed by atoms with Crippen LogP contribution in [0.3, 0.4) is 0 Å². The average molecular weight is 297 g/mol. The van der Waals surface area contributed by atoms with Crippen LogP contribution in [0.25, 0.3) is 0 Å². The van der Waals surface area contributed by atoms with Gasteiger partial charge in [-0.25, -0.2) is 0 Å². The Bertz CT molecular complexity index is 533. The number of piperidine rings is 1. The summed E-state index contributed by atoms with van der Waals surface area (Å²) in [4.78, 5) is 24.7. The maximum atomic E-state index is 12.5. The molecule has 0 bridgehead atoms. The van der Waals surface area contributed by atoms with Crippen LogP contribution in [-0.4, -0.2) is 28.3 Å². The van der Waals surface area contributed by atoms with Crippen LogP contribution in [0.1, 0.15) is 43.0 Å². The lowest BCUT2D eigenvalue weighted by molar-refractivity contribution is -0.384. The van der Waals surface area contributed by atoms with Crippen molar-refractivity contribution in [3.05, 3.63) is 38.9 Å². The predicted molar refractivity (Wildman–Crippen MR) is 77.1 cm³/mol. The van der Waals surface area contributed by atoms with E-state index < -0.39 is 4.92 Å². The molecule has 1 saturated heterocycles. The second-order valence-corrected chi connectivity index (χ2v) is 5.39. The summed E-state index contributed by atoms with van der Waals surface area (Å²) < 4.78 is 0. The van der Waals surface area contributed by atoms with Gasteiger partial charge in [0, 0.05) is 24.2 Å². The molecule has 108 valence electrons. The number of halogens is 1. The molecule has 1 fully saturated rings. The number of carbonyl (C=O) groups is 1. The van der Waals surface area contributed by atoms with Gasteiger partial charge in [0.05, 0.1) is 4.92 Å². The Morgan fingerprint density at radius 2 is 2.25 bits per heavy atom. The van der Waals surface area contributed by atoms with Gasteiger partial charge in [-0.1, -0.05) is 18.5 Å². The number of nitrogens with zero attached hydrogens (tertiary/aromatic N) is 2. The molecule has 0 spiro atoms. The van der Waals surface area contributed by atoms with Crippen LogP contribution in [-0.2, 0) is 0 Å². The molecule has 0 N–H and O–H groups in total. The molecule has 2 rings (SSSR count). The first-order valence-electron chi connectivity index (χ1n) is 6.79. The predicted octanol–water partition coefficient (Wildman–Crippen LogP) is 3.65. The monoisotopic (exact) mass is 296 g/mol. The van der Waals surface area contributed by atoms with E-state index in [9.17, 15) is 14.9 Å². The zero-order valence-electron chi connectivity index (χ0n) is 11.3. The van der Waals surface area contributed by atoms with E-state index in [1.807, 2.05) is 4.90 Å². The molecule has 1 aliphatic heterocycles. The molecule has 5 nitrogen and oxygen atoms in total. The second kappa shape index (κ2) is 6.22. The number of hydrogen-bond donors (Lipinski definition) is 0. The Morgan fingerprint density at radius 1 is 1.50 bits per heavy atom. The van der Waals surface area contributed by atoms with Crippen molar-refractivity contribution in [2.24, 2.45) is 0 Å². The van der Waals surface area contributed by atoms with Crippen molar-refractivity contribution in [1.29, 1.82) is 0 Å². The lowest BCUT2D eigenvalue weighted by Crippen LogP contribution is -2.43. The molecule has 1 unspecified atom stereocenters. The van der Waals surface area contributed by atoms with Crippen molar-refractivity contribution in [2.75, 3.05) is 6.54 Å². The quantitative estimate of drug-likeness (QED) is 0.631. The fraction of sp³-hybridized carbons (Fsp3) is 0.500. The Balaban J connectivity index is 2.28. The van der Waals surface area contributed by atoms with Gasteiger partial charge >= 0.3 is 0 Å². The maximum Gasteiger partial charge on any atom is 0.288 e. The van der Waals surface area contributed by atoms with Crippen LogP contribution < -0.4 is 0 Å². The molecule has 6 heteroatoms. The molecule has 1 aromatic rings. The lowest BCUT2D eigenvalue weighted by atomic mass is 9.99. The van der Waals surface area contributed by atoms with E-state index in [4.69, 9.17) is 11.6 Å². The molecule has 1 amide bonds. The van der Waals surface area contributed by atoms with Gasteiger partial charge in [-0.05, 0) is 37.8 Å². The van der Waals surface area contributed by atoms with Crippen LogP contribution in [0.2, 0.25) is 5.02 Å². The topological polar surface area (TPSA) is 63.5 Å². The molecule has 1 aromatic carbocycles. The fourth-order valence-electron chi connectivity index (χ4n) is 2.64. The summed E-state index contributed by atoms with van der Waals surface area (Å²) in [6, 6.07) is 4.47. The Hall–Kier alpha value is -1.62. The van der Waals surface area contributed by atoms with E-state index in [2.05, 4.69) is 6.92 Å². The zero-order chi connectivity index (χ0) is 14.7. The molecule has 0 aliphatic carbocycles. The fourth-order valence-corrected chi connectivity index (χ4v) is 2.83. The summed E-state index contributed by atoms with van der Waals surface area (Å²) in [6.45, 7) is 2.77. The van der Waals surface area contributed by atoms with Crippen molar-refractivity contribution in [3.63, 3.8) is 0 Å². The molecular formula is C14H17ClN2O3. The number of benzene rings is 1. The van der Waals surface area contributed by atoms with Crippen LogP contribution >= 0.6 is 11.6 Å². The number of rotatable bonds is 3. The zero-order valence-corrected chi connectivity index (χ0v) is 12.1. The van der Waals surface area contributed by atoms with Crippen LogP contribution in [0.4, 0.5) is 5.69 Å². The van der Waals surface area contributed by atoms with Crippen molar-refractivity contribution < 1.29 is 9.72 Å². The standard InChI is InChI=1S/C14H17ClN2O3/c1-2-11-5-3-4-8-16(11)14(18)10-6-7-12(15)13(9-10)17(19)20/h6-7,9,11H,2-5,8H2,1H3. The Labute approximate surface area is 122 Å². The average Bonchev–Trinajstić information content (AvgIpc) is 2.46. The van der Waals surface area contributed by atoms with E-state index in [-0.39, 0.29) is 22.7 Å². The molecule has 20 heavy (non-hydrogen) atoms. The summed E-state index contributed by atoms with van der Waals surface area (Å²) in [5.41, 5.74) is 0.115. The first kappa shape index (κ1) is 14.8. The van der Waals surface area contributed by atoms with Crippen molar-refractivity contribution in [1.82, 2.24) is 4.90 Å². The van der Waals surface area contributed by atoms with Gasteiger partial charge < -0.3 is 4.90 Å². The van der Waals surface area contributed by atoms with E-state index >= 15 is 0 Å². The number of amides is 1. The number of nitro groups is 1. The largest absolute Gasteiger partial charge is 0.336 e. The molecule has 1 atom stereocenters. The molecule has 1 aliphatic rings. The number of hydrogen-bond acceptors (Lipinski definition) is 3. The number of likely N-dealkylation sites (tertiary alicyclic amines) is 1. The molecular weight excluding hydrogens is 280 g/mol. The van der Waals surface area contributed by atoms with E-state index in [1.165, 1.54) is 12.1 Å². The summed E-state index contributed by atoms with van der Waals surface area (Å²) in [5.74, 6) is -0.142.